The van der Waals surface area contributed by atoms with Gasteiger partial charge in [0, 0.05) is 31.2 Å². The molecule has 2 atom stereocenters. The van der Waals surface area contributed by atoms with Gasteiger partial charge in [-0.25, -0.2) is 0 Å². The zero-order valence-electron chi connectivity index (χ0n) is 25.7. The van der Waals surface area contributed by atoms with Crippen LogP contribution in [0.2, 0.25) is 0 Å². The molecule has 3 N–H and O–H groups in total. The summed E-state index contributed by atoms with van der Waals surface area (Å²) < 4.78 is 17.4. The Morgan fingerprint density at radius 2 is 1.27 bits per heavy atom. The van der Waals surface area contributed by atoms with Gasteiger partial charge in [-0.3, -0.25) is 9.80 Å². The van der Waals surface area contributed by atoms with E-state index >= 15 is 0 Å². The van der Waals surface area contributed by atoms with Crippen molar-refractivity contribution in [3.8, 4) is 40.2 Å². The van der Waals surface area contributed by atoms with Crippen molar-refractivity contribution >= 4 is 0 Å². The Bertz CT molecular complexity index is 1650. The topological polar surface area (TPSA) is 94.9 Å². The van der Waals surface area contributed by atoms with Gasteiger partial charge in [-0.2, -0.15) is 0 Å². The average Bonchev–Trinajstić information content (AvgIpc) is 3.01. The van der Waals surface area contributed by atoms with E-state index in [4.69, 9.17) is 14.2 Å². The zero-order chi connectivity index (χ0) is 31.0. The Morgan fingerprint density at radius 3 is 1.91 bits per heavy atom. The van der Waals surface area contributed by atoms with Crippen LogP contribution in [0.5, 0.6) is 40.2 Å². The van der Waals surface area contributed by atoms with Crippen LogP contribution in [0.1, 0.15) is 45.5 Å². The number of aromatic hydroxyl groups is 3. The molecule has 6 rings (SSSR count). The minimum atomic E-state index is -0.00327. The van der Waals surface area contributed by atoms with Crippen molar-refractivity contribution in [2.75, 3.05) is 41.4 Å². The fraction of sp³-hybridized carbons (Fsp3) is 0.333. The highest BCUT2D eigenvalue weighted by atomic mass is 16.5. The van der Waals surface area contributed by atoms with E-state index in [0.29, 0.717) is 29.4 Å². The smallest absolute Gasteiger partial charge is 0.169 e. The third-order valence-electron chi connectivity index (χ3n) is 9.18. The molecule has 0 unspecified atom stereocenters. The van der Waals surface area contributed by atoms with Crippen LogP contribution < -0.4 is 14.2 Å². The standard InChI is InChI=1S/C36H40N2O6/c1-37-13-12-24-18-35(43-4)36(21-29(24)30(37)15-22-5-8-26(39)9-6-22)44-27-10-7-25(32(40)19-27)16-31-28-20-33(41)34(42-3)17-23(28)11-14-38(31)2/h5-10,17-21,30-31,39-41H,11-16H2,1-4H3/t30-,31-/m1/s1. The third-order valence-corrected chi connectivity index (χ3v) is 9.18. The Balaban J connectivity index is 1.25. The second-order valence-electron chi connectivity index (χ2n) is 11.9. The summed E-state index contributed by atoms with van der Waals surface area (Å²) in [7, 11) is 7.40. The van der Waals surface area contributed by atoms with Crippen LogP contribution in [0.25, 0.3) is 0 Å². The molecule has 230 valence electrons. The molecule has 8 nitrogen and oxygen atoms in total. The molecule has 0 saturated heterocycles. The number of methoxy groups -OCH3 is 2. The fourth-order valence-electron chi connectivity index (χ4n) is 6.58. The number of rotatable bonds is 8. The lowest BCUT2D eigenvalue weighted by Gasteiger charge is -2.35. The van der Waals surface area contributed by atoms with Crippen LogP contribution in [-0.4, -0.2) is 66.5 Å². The highest BCUT2D eigenvalue weighted by Gasteiger charge is 2.29. The molecule has 2 aliphatic rings. The molecule has 0 saturated carbocycles. The molecular weight excluding hydrogens is 556 g/mol. The molecule has 4 aromatic rings. The van der Waals surface area contributed by atoms with Gasteiger partial charge in [-0.15, -0.1) is 0 Å². The van der Waals surface area contributed by atoms with Crippen molar-refractivity contribution in [3.63, 3.8) is 0 Å². The Morgan fingerprint density at radius 1 is 0.659 bits per heavy atom. The largest absolute Gasteiger partial charge is 0.508 e. The zero-order valence-corrected chi connectivity index (χ0v) is 25.7. The number of ether oxygens (including phenoxy) is 3. The number of phenols is 3. The van der Waals surface area contributed by atoms with E-state index in [-0.39, 0.29) is 29.3 Å². The van der Waals surface area contributed by atoms with Crippen molar-refractivity contribution < 1.29 is 29.5 Å². The van der Waals surface area contributed by atoms with Gasteiger partial charge in [0.05, 0.1) is 14.2 Å². The lowest BCUT2D eigenvalue weighted by molar-refractivity contribution is 0.227. The Kier molecular flexibility index (Phi) is 8.29. The molecule has 0 fully saturated rings. The van der Waals surface area contributed by atoms with Gasteiger partial charge in [0.1, 0.15) is 17.2 Å². The molecular formula is C36H40N2O6. The third kappa shape index (κ3) is 5.87. The monoisotopic (exact) mass is 596 g/mol. The number of hydrogen-bond donors (Lipinski definition) is 3. The summed E-state index contributed by atoms with van der Waals surface area (Å²) in [5.41, 5.74) is 6.55. The number of fused-ring (bicyclic) bond motifs is 2. The van der Waals surface area contributed by atoms with Gasteiger partial charge < -0.3 is 29.5 Å². The van der Waals surface area contributed by atoms with Crippen LogP contribution in [0.3, 0.4) is 0 Å². The molecule has 0 aromatic heterocycles. The van der Waals surface area contributed by atoms with E-state index in [0.717, 1.165) is 54.6 Å². The first-order valence-electron chi connectivity index (χ1n) is 15.0. The molecule has 0 bridgehead atoms. The van der Waals surface area contributed by atoms with Crippen molar-refractivity contribution in [1.82, 2.24) is 9.80 Å². The maximum absolute atomic E-state index is 11.1. The number of nitrogens with zero attached hydrogens (tertiary/aromatic N) is 2. The molecule has 2 aliphatic heterocycles. The number of likely N-dealkylation sites (N-methyl/N-ethyl adjacent to an activating group) is 2. The van der Waals surface area contributed by atoms with Crippen molar-refractivity contribution in [2.45, 2.75) is 37.8 Å². The van der Waals surface area contributed by atoms with Gasteiger partial charge in [0.2, 0.25) is 0 Å². The normalized spacial score (nSPS) is 18.4. The van der Waals surface area contributed by atoms with E-state index in [1.54, 1.807) is 38.5 Å². The molecule has 0 radical (unpaired) electrons. The lowest BCUT2D eigenvalue weighted by Crippen LogP contribution is -2.33. The van der Waals surface area contributed by atoms with Crippen molar-refractivity contribution in [3.05, 3.63) is 100 Å². The van der Waals surface area contributed by atoms with Crippen LogP contribution in [0, 0.1) is 0 Å². The summed E-state index contributed by atoms with van der Waals surface area (Å²) in [6.45, 7) is 1.80. The first kappa shape index (κ1) is 29.7. The molecule has 8 heteroatoms. The number of phenolic OH excluding ortho intramolecular Hbond substituents is 3. The maximum Gasteiger partial charge on any atom is 0.169 e. The molecule has 0 amide bonds. The number of hydrogen-bond acceptors (Lipinski definition) is 8. The summed E-state index contributed by atoms with van der Waals surface area (Å²) in [4.78, 5) is 4.60. The molecule has 4 aromatic carbocycles. The van der Waals surface area contributed by atoms with Gasteiger partial charge >= 0.3 is 0 Å². The minimum Gasteiger partial charge on any atom is -0.508 e. The first-order valence-corrected chi connectivity index (χ1v) is 15.0. The van der Waals surface area contributed by atoms with E-state index in [9.17, 15) is 15.3 Å². The first-order chi connectivity index (χ1) is 21.2. The maximum atomic E-state index is 11.1. The minimum absolute atomic E-state index is 0.00327. The van der Waals surface area contributed by atoms with Crippen LogP contribution in [-0.2, 0) is 25.7 Å². The number of benzene rings is 4. The quantitative estimate of drug-likeness (QED) is 0.223. The van der Waals surface area contributed by atoms with E-state index in [1.165, 1.54) is 11.1 Å². The van der Waals surface area contributed by atoms with Crippen molar-refractivity contribution in [1.29, 1.82) is 0 Å². The van der Waals surface area contributed by atoms with E-state index < -0.39 is 0 Å². The SMILES string of the molecule is COc1cc2c(cc1O)[C@@H](Cc1ccc(Oc3cc4c(cc3OC)CCN(C)[C@@H]4Cc3ccc(O)cc3)cc1O)N(C)CC2. The summed E-state index contributed by atoms with van der Waals surface area (Å²) in [6.07, 6.45) is 3.16. The van der Waals surface area contributed by atoms with Gasteiger partial charge in [0.15, 0.2) is 23.0 Å². The van der Waals surface area contributed by atoms with E-state index in [2.05, 4.69) is 36.0 Å². The molecule has 0 spiro atoms. The molecule has 44 heavy (non-hydrogen) atoms. The summed E-state index contributed by atoms with van der Waals surface area (Å²) >= 11 is 0. The predicted molar refractivity (Wildman–Crippen MR) is 169 cm³/mol. The Labute approximate surface area is 258 Å². The Hall–Kier alpha value is -4.40. The lowest BCUT2D eigenvalue weighted by atomic mass is 9.88. The second kappa shape index (κ2) is 12.3. The summed E-state index contributed by atoms with van der Waals surface area (Å²) in [6, 6.07) is 20.8. The molecule has 2 heterocycles. The second-order valence-corrected chi connectivity index (χ2v) is 11.9. The van der Waals surface area contributed by atoms with Crippen molar-refractivity contribution in [2.24, 2.45) is 0 Å². The summed E-state index contributed by atoms with van der Waals surface area (Å²) in [5, 5.41) is 31.3. The van der Waals surface area contributed by atoms with Gasteiger partial charge in [-0.1, -0.05) is 18.2 Å². The van der Waals surface area contributed by atoms with Crippen LogP contribution in [0.15, 0.2) is 66.7 Å². The summed E-state index contributed by atoms with van der Waals surface area (Å²) in [5.74, 6) is 2.77. The van der Waals surface area contributed by atoms with E-state index in [1.807, 2.05) is 30.3 Å². The average molecular weight is 597 g/mol. The fourth-order valence-corrected chi connectivity index (χ4v) is 6.58. The predicted octanol–water partition coefficient (Wildman–Crippen LogP) is 6.16. The van der Waals surface area contributed by atoms with Gasteiger partial charge in [-0.05, 0) is 116 Å². The highest BCUT2D eigenvalue weighted by Crippen LogP contribution is 2.43. The van der Waals surface area contributed by atoms with Gasteiger partial charge in [0.25, 0.3) is 0 Å². The highest BCUT2D eigenvalue weighted by molar-refractivity contribution is 5.53. The molecule has 0 aliphatic carbocycles. The van der Waals surface area contributed by atoms with Crippen LogP contribution >= 0.6 is 0 Å². The van der Waals surface area contributed by atoms with Crippen LogP contribution in [0.4, 0.5) is 0 Å².